The van der Waals surface area contributed by atoms with Crippen molar-refractivity contribution in [1.29, 1.82) is 0 Å². The molecule has 3 aromatic carbocycles. The van der Waals surface area contributed by atoms with Crippen molar-refractivity contribution in [2.45, 2.75) is 32.0 Å². The zero-order valence-electron chi connectivity index (χ0n) is 20.6. The minimum absolute atomic E-state index is 0.0632. The summed E-state index contributed by atoms with van der Waals surface area (Å²) in [5, 5.41) is 8.72. The molecule has 5 rings (SSSR count). The molecule has 1 saturated heterocycles. The molecule has 0 saturated carbocycles. The van der Waals surface area contributed by atoms with Gasteiger partial charge < -0.3 is 20.9 Å². The summed E-state index contributed by atoms with van der Waals surface area (Å²) in [6.45, 7) is 2.61. The molecule has 0 bridgehead atoms. The second-order valence-corrected chi connectivity index (χ2v) is 9.27. The van der Waals surface area contributed by atoms with Crippen LogP contribution in [-0.2, 0) is 9.59 Å². The van der Waals surface area contributed by atoms with Crippen LogP contribution >= 0.6 is 0 Å². The van der Waals surface area contributed by atoms with Crippen molar-refractivity contribution < 1.29 is 14.4 Å². The molecule has 0 unspecified atom stereocenters. The Hall–Kier alpha value is -4.30. The number of fused-ring (bicyclic) bond motifs is 1. The van der Waals surface area contributed by atoms with Crippen LogP contribution in [-0.4, -0.2) is 48.7 Å². The normalized spacial score (nSPS) is 19.0. The number of para-hydroxylation sites is 1. The number of benzene rings is 3. The average molecular weight is 496 g/mol. The Labute approximate surface area is 215 Å². The number of nitrogens with one attached hydrogen (secondary N) is 3. The van der Waals surface area contributed by atoms with Crippen LogP contribution in [0, 0.1) is 6.92 Å². The molecule has 0 aromatic heterocycles. The highest BCUT2D eigenvalue weighted by molar-refractivity contribution is 6.21. The Balaban J connectivity index is 1.51. The van der Waals surface area contributed by atoms with Crippen molar-refractivity contribution in [3.8, 4) is 0 Å². The lowest BCUT2D eigenvalue weighted by Crippen LogP contribution is -2.51. The predicted molar refractivity (Wildman–Crippen MR) is 144 cm³/mol. The summed E-state index contributed by atoms with van der Waals surface area (Å²) < 4.78 is 0. The summed E-state index contributed by atoms with van der Waals surface area (Å²) in [4.78, 5) is 46.2. The van der Waals surface area contributed by atoms with Crippen LogP contribution in [0.5, 0.6) is 0 Å². The first-order valence-electron chi connectivity index (χ1n) is 12.4. The largest absolute Gasteiger partial charge is 0.321 e. The second kappa shape index (κ2) is 10.8. The van der Waals surface area contributed by atoms with Gasteiger partial charge in [0.15, 0.2) is 5.78 Å². The number of hydrogen-bond acceptors (Lipinski definition) is 5. The third-order valence-electron chi connectivity index (χ3n) is 6.56. The highest BCUT2D eigenvalue weighted by atomic mass is 16.2. The molecule has 8 nitrogen and oxygen atoms in total. The lowest BCUT2D eigenvalue weighted by Gasteiger charge is -2.26. The van der Waals surface area contributed by atoms with E-state index in [9.17, 15) is 14.4 Å². The number of hydrogen-bond donors (Lipinski definition) is 3. The van der Waals surface area contributed by atoms with E-state index in [1.165, 1.54) is 4.90 Å². The zero-order chi connectivity index (χ0) is 25.8. The average Bonchev–Trinajstić information content (AvgIpc) is 3.42. The Morgan fingerprint density at radius 3 is 2.57 bits per heavy atom. The van der Waals surface area contributed by atoms with E-state index in [0.29, 0.717) is 17.1 Å². The highest BCUT2D eigenvalue weighted by Gasteiger charge is 2.35. The SMILES string of the molecule is Cc1cccc(NC(=O)N[C@@H]2N=C(c3ccccc3)c3ccccc3N(CC(=O)[C@@H]3CCCN3)C2=O)c1. The topological polar surface area (TPSA) is 103 Å². The van der Waals surface area contributed by atoms with E-state index < -0.39 is 18.1 Å². The van der Waals surface area contributed by atoms with Gasteiger partial charge in [0, 0.05) is 16.8 Å². The fourth-order valence-corrected chi connectivity index (χ4v) is 4.75. The fraction of sp³-hybridized carbons (Fsp3) is 0.241. The van der Waals surface area contributed by atoms with Gasteiger partial charge >= 0.3 is 6.03 Å². The van der Waals surface area contributed by atoms with Gasteiger partial charge in [-0.1, -0.05) is 60.7 Å². The van der Waals surface area contributed by atoms with Crippen molar-refractivity contribution in [1.82, 2.24) is 10.6 Å². The Morgan fingerprint density at radius 2 is 1.81 bits per heavy atom. The first-order chi connectivity index (χ1) is 18.0. The van der Waals surface area contributed by atoms with E-state index in [-0.39, 0.29) is 18.4 Å². The lowest BCUT2D eigenvalue weighted by atomic mass is 10.00. The molecule has 37 heavy (non-hydrogen) atoms. The highest BCUT2D eigenvalue weighted by Crippen LogP contribution is 2.28. The van der Waals surface area contributed by atoms with Crippen LogP contribution in [0.2, 0.25) is 0 Å². The van der Waals surface area contributed by atoms with Crippen molar-refractivity contribution in [3.05, 3.63) is 95.6 Å². The van der Waals surface area contributed by atoms with Crippen LogP contribution in [0.15, 0.2) is 83.9 Å². The maximum Gasteiger partial charge on any atom is 0.321 e. The molecule has 3 N–H and O–H groups in total. The summed E-state index contributed by atoms with van der Waals surface area (Å²) in [7, 11) is 0. The molecule has 1 fully saturated rings. The summed E-state index contributed by atoms with van der Waals surface area (Å²) in [5.74, 6) is -0.532. The Kier molecular flexibility index (Phi) is 7.09. The molecule has 2 aliphatic heterocycles. The van der Waals surface area contributed by atoms with E-state index in [2.05, 4.69) is 16.0 Å². The number of Topliss-reactive ketones (excluding diaryl/α,β-unsaturated/α-hetero) is 1. The molecule has 0 aliphatic carbocycles. The van der Waals surface area contributed by atoms with Gasteiger partial charge in [0.2, 0.25) is 6.17 Å². The van der Waals surface area contributed by atoms with Crippen molar-refractivity contribution in [2.24, 2.45) is 4.99 Å². The zero-order valence-corrected chi connectivity index (χ0v) is 20.6. The van der Waals surface area contributed by atoms with Gasteiger partial charge in [-0.2, -0.15) is 0 Å². The van der Waals surface area contributed by atoms with E-state index in [1.54, 1.807) is 6.07 Å². The fourth-order valence-electron chi connectivity index (χ4n) is 4.75. The molecule has 0 spiro atoms. The predicted octanol–water partition coefficient (Wildman–Crippen LogP) is 3.65. The Bertz CT molecular complexity index is 1350. The first kappa shape index (κ1) is 24.4. The van der Waals surface area contributed by atoms with E-state index in [0.717, 1.165) is 36.1 Å². The summed E-state index contributed by atoms with van der Waals surface area (Å²) in [5.41, 5.74) is 4.28. The van der Waals surface area contributed by atoms with Gasteiger partial charge in [-0.05, 0) is 50.1 Å². The van der Waals surface area contributed by atoms with Gasteiger partial charge in [0.05, 0.1) is 24.0 Å². The lowest BCUT2D eigenvalue weighted by molar-refractivity contribution is -0.124. The minimum atomic E-state index is -1.23. The number of aliphatic imine (C=N–C) groups is 1. The molecule has 188 valence electrons. The molecular weight excluding hydrogens is 466 g/mol. The number of amides is 3. The van der Waals surface area contributed by atoms with Gasteiger partial charge in [-0.3, -0.25) is 9.59 Å². The number of benzodiazepines with no additional fused rings is 1. The van der Waals surface area contributed by atoms with Crippen LogP contribution in [0.3, 0.4) is 0 Å². The number of ketones is 1. The van der Waals surface area contributed by atoms with E-state index in [1.807, 2.05) is 79.7 Å². The number of aryl methyl sites for hydroxylation is 1. The van der Waals surface area contributed by atoms with E-state index in [4.69, 9.17) is 4.99 Å². The molecule has 2 atom stereocenters. The number of carbonyl (C=O) groups excluding carboxylic acids is 3. The third-order valence-corrected chi connectivity index (χ3v) is 6.56. The number of rotatable bonds is 6. The molecule has 3 aromatic rings. The monoisotopic (exact) mass is 495 g/mol. The number of anilines is 2. The van der Waals surface area contributed by atoms with Crippen molar-refractivity contribution in [3.63, 3.8) is 0 Å². The molecular formula is C29H29N5O3. The number of nitrogens with zero attached hydrogens (tertiary/aromatic N) is 2. The van der Waals surface area contributed by atoms with Crippen LogP contribution in [0.25, 0.3) is 0 Å². The van der Waals surface area contributed by atoms with Crippen LogP contribution in [0.4, 0.5) is 16.2 Å². The number of carbonyl (C=O) groups is 3. The molecule has 0 radical (unpaired) electrons. The second-order valence-electron chi connectivity index (χ2n) is 9.27. The molecule has 2 aliphatic rings. The van der Waals surface area contributed by atoms with Crippen LogP contribution in [0.1, 0.15) is 29.5 Å². The molecule has 3 amide bonds. The maximum atomic E-state index is 13.9. The van der Waals surface area contributed by atoms with Crippen LogP contribution < -0.4 is 20.9 Å². The van der Waals surface area contributed by atoms with Gasteiger partial charge in [0.1, 0.15) is 0 Å². The minimum Gasteiger partial charge on any atom is -0.308 e. The van der Waals surface area contributed by atoms with Gasteiger partial charge in [-0.25, -0.2) is 9.79 Å². The van der Waals surface area contributed by atoms with Gasteiger partial charge in [-0.15, -0.1) is 0 Å². The summed E-state index contributed by atoms with van der Waals surface area (Å²) >= 11 is 0. The van der Waals surface area contributed by atoms with E-state index >= 15 is 0 Å². The van der Waals surface area contributed by atoms with Gasteiger partial charge in [0.25, 0.3) is 5.91 Å². The smallest absolute Gasteiger partial charge is 0.308 e. The summed E-state index contributed by atoms with van der Waals surface area (Å²) in [6, 6.07) is 23.5. The summed E-state index contributed by atoms with van der Waals surface area (Å²) in [6.07, 6.45) is 0.442. The maximum absolute atomic E-state index is 13.9. The molecule has 8 heteroatoms. The third kappa shape index (κ3) is 5.44. The quantitative estimate of drug-likeness (QED) is 0.486. The standard InChI is InChI=1S/C29H29N5O3/c1-19-9-7-12-21(17-19)31-29(37)33-27-28(36)34(18-25(35)23-14-8-16-30-23)24-15-6-5-13-22(24)26(32-27)20-10-3-2-4-11-20/h2-7,9-13,15,17,23,27,30H,8,14,16,18H2,1H3,(H2,31,33,37)/t23-,27-/m0/s1. The van der Waals surface area contributed by atoms with Crippen molar-refractivity contribution in [2.75, 3.05) is 23.3 Å². The first-order valence-corrected chi connectivity index (χ1v) is 12.4. The number of urea groups is 1. The van der Waals surface area contributed by atoms with Crippen molar-refractivity contribution >= 4 is 34.8 Å². The molecule has 2 heterocycles. The Morgan fingerprint density at radius 1 is 1.03 bits per heavy atom.